The fourth-order valence-electron chi connectivity index (χ4n) is 3.16. The summed E-state index contributed by atoms with van der Waals surface area (Å²) in [5.74, 6) is 2.00. The summed E-state index contributed by atoms with van der Waals surface area (Å²) in [5, 5.41) is 4.07. The van der Waals surface area contributed by atoms with Crippen LogP contribution in [0.1, 0.15) is 0 Å². The van der Waals surface area contributed by atoms with Gasteiger partial charge in [-0.3, -0.25) is 0 Å². The molecule has 2 atom stereocenters. The van der Waals surface area contributed by atoms with Gasteiger partial charge in [0.15, 0.2) is 0 Å². The molecule has 3 rings (SSSR count). The van der Waals surface area contributed by atoms with E-state index in [-0.39, 0.29) is 7.92 Å². The Morgan fingerprint density at radius 3 is 1.78 bits per heavy atom. The summed E-state index contributed by atoms with van der Waals surface area (Å²) in [6.45, 7) is 2.36. The van der Waals surface area contributed by atoms with Gasteiger partial charge in [0, 0.05) is 10.6 Å². The Hall–Kier alpha value is -1.88. The summed E-state index contributed by atoms with van der Waals surface area (Å²) in [6, 6.07) is 27.7. The Kier molecular flexibility index (Phi) is 7.27. The van der Waals surface area contributed by atoms with E-state index in [4.69, 9.17) is 9.47 Å². The molecule has 27 heavy (non-hydrogen) atoms. The van der Waals surface area contributed by atoms with Crippen LogP contribution in [-0.4, -0.2) is 33.2 Å². The molecule has 2 nitrogen and oxygen atoms in total. The van der Waals surface area contributed by atoms with Gasteiger partial charge in [-0.2, -0.15) is 0 Å². The van der Waals surface area contributed by atoms with Crippen molar-refractivity contribution in [3.8, 4) is 11.5 Å². The molecule has 3 aromatic rings. The SMILES string of the molecule is COc1ccccc1[P@@](CC[P@](C)c1ccccc1OC)c1ccccc1. The fourth-order valence-corrected chi connectivity index (χ4v) is 8.30. The second-order valence-electron chi connectivity index (χ2n) is 6.25. The molecule has 0 radical (unpaired) electrons. The smallest absolute Gasteiger partial charge is 0.126 e. The Bertz CT molecular complexity index is 852. The van der Waals surface area contributed by atoms with Gasteiger partial charge in [0.05, 0.1) is 14.2 Å². The van der Waals surface area contributed by atoms with E-state index in [0.717, 1.165) is 23.8 Å². The molecule has 0 aliphatic carbocycles. The van der Waals surface area contributed by atoms with Crippen molar-refractivity contribution >= 4 is 31.8 Å². The molecule has 0 aliphatic heterocycles. The van der Waals surface area contributed by atoms with Crippen molar-refractivity contribution in [2.45, 2.75) is 0 Å². The number of benzene rings is 3. The summed E-state index contributed by atoms with van der Waals surface area (Å²) in [5.41, 5.74) is 0. The van der Waals surface area contributed by atoms with E-state index in [1.54, 1.807) is 14.2 Å². The maximum atomic E-state index is 5.68. The van der Waals surface area contributed by atoms with Gasteiger partial charge in [-0.15, -0.1) is 0 Å². The number of hydrogen-bond donors (Lipinski definition) is 0. The lowest BCUT2D eigenvalue weighted by atomic mass is 10.3. The van der Waals surface area contributed by atoms with Crippen LogP contribution >= 0.6 is 15.8 Å². The highest BCUT2D eigenvalue weighted by atomic mass is 31.1. The van der Waals surface area contributed by atoms with E-state index in [9.17, 15) is 0 Å². The van der Waals surface area contributed by atoms with Crippen LogP contribution in [0, 0.1) is 0 Å². The molecule has 0 saturated heterocycles. The quantitative estimate of drug-likeness (QED) is 0.519. The molecular formula is C23H26O2P2. The van der Waals surface area contributed by atoms with Gasteiger partial charge in [0.2, 0.25) is 0 Å². The molecule has 0 aliphatic rings. The zero-order valence-corrected chi connectivity index (χ0v) is 17.9. The lowest BCUT2D eigenvalue weighted by Crippen LogP contribution is -2.18. The predicted molar refractivity (Wildman–Crippen MR) is 121 cm³/mol. The first kappa shape index (κ1) is 19.9. The Balaban J connectivity index is 1.86. The van der Waals surface area contributed by atoms with Crippen molar-refractivity contribution in [3.63, 3.8) is 0 Å². The van der Waals surface area contributed by atoms with Crippen LogP contribution in [0.2, 0.25) is 0 Å². The van der Waals surface area contributed by atoms with Crippen LogP contribution in [0.25, 0.3) is 0 Å². The summed E-state index contributed by atoms with van der Waals surface area (Å²) in [6.07, 6.45) is 2.30. The maximum absolute atomic E-state index is 5.68. The third-order valence-electron chi connectivity index (χ3n) is 4.60. The average Bonchev–Trinajstić information content (AvgIpc) is 2.74. The van der Waals surface area contributed by atoms with E-state index in [2.05, 4.69) is 73.4 Å². The molecule has 0 aromatic heterocycles. The molecule has 3 aromatic carbocycles. The molecule has 0 saturated carbocycles. The lowest BCUT2D eigenvalue weighted by Gasteiger charge is -2.23. The number of hydrogen-bond acceptors (Lipinski definition) is 2. The molecule has 0 heterocycles. The van der Waals surface area contributed by atoms with Crippen molar-refractivity contribution in [2.75, 3.05) is 33.2 Å². The molecule has 0 bridgehead atoms. The minimum atomic E-state index is -0.464. The fraction of sp³-hybridized carbons (Fsp3) is 0.217. The summed E-state index contributed by atoms with van der Waals surface area (Å²) in [7, 11) is 2.78. The van der Waals surface area contributed by atoms with Crippen molar-refractivity contribution in [2.24, 2.45) is 0 Å². The maximum Gasteiger partial charge on any atom is 0.126 e. The van der Waals surface area contributed by atoms with E-state index < -0.39 is 7.92 Å². The molecule has 0 N–H and O–H groups in total. The third-order valence-corrected chi connectivity index (χ3v) is 9.58. The lowest BCUT2D eigenvalue weighted by molar-refractivity contribution is 0.418. The Labute approximate surface area is 165 Å². The van der Waals surface area contributed by atoms with Crippen LogP contribution in [0.15, 0.2) is 78.9 Å². The Morgan fingerprint density at radius 1 is 0.630 bits per heavy atom. The number of methoxy groups -OCH3 is 2. The monoisotopic (exact) mass is 396 g/mol. The summed E-state index contributed by atoms with van der Waals surface area (Å²) < 4.78 is 11.3. The second-order valence-corrected chi connectivity index (χ2v) is 10.9. The van der Waals surface area contributed by atoms with Crippen LogP contribution in [0.3, 0.4) is 0 Å². The van der Waals surface area contributed by atoms with Crippen LogP contribution in [-0.2, 0) is 0 Å². The van der Waals surface area contributed by atoms with Gasteiger partial charge in [-0.1, -0.05) is 74.7 Å². The highest BCUT2D eigenvalue weighted by Crippen LogP contribution is 2.42. The van der Waals surface area contributed by atoms with Gasteiger partial charge in [-0.05, 0) is 44.3 Å². The minimum Gasteiger partial charge on any atom is -0.496 e. The summed E-state index contributed by atoms with van der Waals surface area (Å²) >= 11 is 0. The van der Waals surface area contributed by atoms with Gasteiger partial charge >= 0.3 is 0 Å². The highest BCUT2D eigenvalue weighted by Gasteiger charge is 2.20. The highest BCUT2D eigenvalue weighted by molar-refractivity contribution is 7.74. The van der Waals surface area contributed by atoms with Gasteiger partial charge < -0.3 is 9.47 Å². The zero-order valence-electron chi connectivity index (χ0n) is 16.1. The van der Waals surface area contributed by atoms with Gasteiger partial charge in [0.25, 0.3) is 0 Å². The second kappa shape index (κ2) is 9.88. The molecule has 0 spiro atoms. The van der Waals surface area contributed by atoms with Gasteiger partial charge in [0.1, 0.15) is 11.5 Å². The van der Waals surface area contributed by atoms with E-state index >= 15 is 0 Å². The molecule has 140 valence electrons. The van der Waals surface area contributed by atoms with Crippen molar-refractivity contribution in [1.29, 1.82) is 0 Å². The normalized spacial score (nSPS) is 13.0. The number of rotatable bonds is 8. The minimum absolute atomic E-state index is 0.279. The first-order valence-electron chi connectivity index (χ1n) is 9.04. The van der Waals surface area contributed by atoms with Crippen molar-refractivity contribution in [3.05, 3.63) is 78.9 Å². The average molecular weight is 396 g/mol. The van der Waals surface area contributed by atoms with E-state index in [1.807, 2.05) is 12.1 Å². The zero-order chi connectivity index (χ0) is 19.1. The first-order valence-corrected chi connectivity index (χ1v) is 12.5. The Morgan fingerprint density at radius 2 is 1.15 bits per heavy atom. The van der Waals surface area contributed by atoms with Gasteiger partial charge in [-0.25, -0.2) is 0 Å². The van der Waals surface area contributed by atoms with Crippen molar-refractivity contribution in [1.82, 2.24) is 0 Å². The third kappa shape index (κ3) is 4.89. The van der Waals surface area contributed by atoms with Crippen LogP contribution < -0.4 is 25.4 Å². The van der Waals surface area contributed by atoms with E-state index in [0.29, 0.717) is 0 Å². The molecule has 0 unspecified atom stereocenters. The van der Waals surface area contributed by atoms with Crippen LogP contribution in [0.5, 0.6) is 11.5 Å². The van der Waals surface area contributed by atoms with Crippen molar-refractivity contribution < 1.29 is 9.47 Å². The molecule has 0 amide bonds. The number of para-hydroxylation sites is 2. The first-order chi connectivity index (χ1) is 13.2. The standard InChI is InChI=1S/C23H26O2P2/c1-24-20-13-7-9-15-22(20)26(3)17-18-27(19-11-5-4-6-12-19)23-16-10-8-14-21(23)25-2/h4-16H,17-18H2,1-3H3/t26-,27-/m0/s1. The molecule has 4 heteroatoms. The van der Waals surface area contributed by atoms with Crippen LogP contribution in [0.4, 0.5) is 0 Å². The number of ether oxygens (including phenoxy) is 2. The van der Waals surface area contributed by atoms with E-state index in [1.165, 1.54) is 15.9 Å². The largest absolute Gasteiger partial charge is 0.496 e. The predicted octanol–water partition coefficient (Wildman–Crippen LogP) is 4.57. The molecule has 0 fully saturated rings. The molecular weight excluding hydrogens is 370 g/mol. The summed E-state index contributed by atoms with van der Waals surface area (Å²) in [4.78, 5) is 0. The topological polar surface area (TPSA) is 18.5 Å².